The van der Waals surface area contributed by atoms with Crippen LogP contribution in [0.5, 0.6) is 23.0 Å². The predicted octanol–water partition coefficient (Wildman–Crippen LogP) is 7.69. The number of aliphatic hydroxyl groups excluding tert-OH is 1. The topological polar surface area (TPSA) is 107 Å². The van der Waals surface area contributed by atoms with E-state index in [1.54, 1.807) is 68.8 Å². The zero-order valence-electron chi connectivity index (χ0n) is 26.0. The summed E-state index contributed by atoms with van der Waals surface area (Å²) in [5.74, 6) is 0.310. The van der Waals surface area contributed by atoms with Gasteiger partial charge in [-0.15, -0.1) is 0 Å². The summed E-state index contributed by atoms with van der Waals surface area (Å²) in [7, 11) is 3.12. The summed E-state index contributed by atoms with van der Waals surface area (Å²) >= 11 is 1.26. The van der Waals surface area contributed by atoms with Crippen molar-refractivity contribution in [1.82, 2.24) is 4.98 Å². The Kier molecular flexibility index (Phi) is 10.2. The number of thiazole rings is 1. The van der Waals surface area contributed by atoms with E-state index in [1.165, 1.54) is 16.2 Å². The molecule has 2 heterocycles. The first kappa shape index (κ1) is 31.8. The Morgan fingerprint density at radius 1 is 0.867 bits per heavy atom. The lowest BCUT2D eigenvalue weighted by Crippen LogP contribution is -2.29. The Morgan fingerprint density at radius 3 is 2.42 bits per heavy atom. The number of hydrogen-bond donors (Lipinski definition) is 1. The lowest BCUT2D eigenvalue weighted by atomic mass is 9.95. The van der Waals surface area contributed by atoms with E-state index in [9.17, 15) is 14.7 Å². The van der Waals surface area contributed by atoms with Crippen molar-refractivity contribution in [2.24, 2.45) is 0 Å². The summed E-state index contributed by atoms with van der Waals surface area (Å²) in [6.45, 7) is 5.27. The van der Waals surface area contributed by atoms with Crippen molar-refractivity contribution >= 4 is 44.1 Å². The third-order valence-electron chi connectivity index (χ3n) is 7.62. The molecular weight excluding hydrogens is 592 g/mol. The standard InChI is InChI=1S/C35H38N2O7S/c1-5-7-9-18-44-27-16-13-22(20-28(27)42-4)31-30(32(38)23-11-10-12-25(19-23)43-17-8-6-2)33(39)34(40)37(31)35-36-26-15-14-24(41-3)21-29(26)45-35/h10-16,19-21,31,38H,5-9,17-18H2,1-4H3. The number of carbonyl (C=O) groups is 2. The van der Waals surface area contributed by atoms with Crippen molar-refractivity contribution in [3.63, 3.8) is 0 Å². The Hall–Kier alpha value is -4.57. The van der Waals surface area contributed by atoms with Crippen LogP contribution in [0.15, 0.2) is 66.2 Å². The maximum Gasteiger partial charge on any atom is 0.301 e. The van der Waals surface area contributed by atoms with Crippen LogP contribution in [0.4, 0.5) is 5.13 Å². The highest BCUT2D eigenvalue weighted by Gasteiger charge is 2.48. The number of hydrogen-bond acceptors (Lipinski definition) is 9. The smallest absolute Gasteiger partial charge is 0.301 e. The van der Waals surface area contributed by atoms with Crippen LogP contribution in [-0.2, 0) is 9.59 Å². The van der Waals surface area contributed by atoms with Gasteiger partial charge in [-0.25, -0.2) is 4.98 Å². The first-order chi connectivity index (χ1) is 21.9. The summed E-state index contributed by atoms with van der Waals surface area (Å²) in [5, 5.41) is 12.0. The number of rotatable bonds is 14. The van der Waals surface area contributed by atoms with Crippen LogP contribution < -0.4 is 23.8 Å². The molecule has 0 aliphatic carbocycles. The first-order valence-corrected chi connectivity index (χ1v) is 16.0. The van der Waals surface area contributed by atoms with Crippen LogP contribution in [0, 0.1) is 0 Å². The number of ketones is 1. The molecule has 1 unspecified atom stereocenters. The molecule has 3 aromatic carbocycles. The lowest BCUT2D eigenvalue weighted by Gasteiger charge is -2.24. The van der Waals surface area contributed by atoms with Crippen molar-refractivity contribution < 1.29 is 33.6 Å². The van der Waals surface area contributed by atoms with Gasteiger partial charge in [-0.2, -0.15) is 0 Å². The number of unbranched alkanes of at least 4 members (excludes halogenated alkanes) is 3. The molecule has 1 fully saturated rings. The molecule has 45 heavy (non-hydrogen) atoms. The van der Waals surface area contributed by atoms with Gasteiger partial charge in [-0.1, -0.05) is 62.6 Å². The van der Waals surface area contributed by atoms with E-state index in [-0.39, 0.29) is 11.3 Å². The van der Waals surface area contributed by atoms with Crippen LogP contribution in [-0.4, -0.2) is 49.2 Å². The molecule has 1 N–H and O–H groups in total. The Labute approximate surface area is 267 Å². The quantitative estimate of drug-likeness (QED) is 0.0654. The molecule has 236 valence electrons. The first-order valence-electron chi connectivity index (χ1n) is 15.2. The largest absolute Gasteiger partial charge is 0.507 e. The average molecular weight is 631 g/mol. The van der Waals surface area contributed by atoms with Gasteiger partial charge >= 0.3 is 5.91 Å². The highest BCUT2D eigenvalue weighted by atomic mass is 32.1. The number of fused-ring (bicyclic) bond motifs is 1. The Balaban J connectivity index is 1.63. The molecule has 1 aromatic heterocycles. The molecule has 0 spiro atoms. The zero-order chi connectivity index (χ0) is 31.9. The minimum absolute atomic E-state index is 0.0544. The minimum atomic E-state index is -0.986. The monoisotopic (exact) mass is 630 g/mol. The molecule has 0 saturated carbocycles. The number of Topliss-reactive ketones (excluding diaryl/α,β-unsaturated/α-hetero) is 1. The van der Waals surface area contributed by atoms with E-state index in [0.717, 1.165) is 36.8 Å². The maximum absolute atomic E-state index is 13.8. The maximum atomic E-state index is 13.8. The summed E-state index contributed by atoms with van der Waals surface area (Å²) in [6.07, 6.45) is 4.90. The third-order valence-corrected chi connectivity index (χ3v) is 8.64. The number of nitrogens with zero attached hydrogens (tertiary/aromatic N) is 2. The molecule has 9 nitrogen and oxygen atoms in total. The van der Waals surface area contributed by atoms with Gasteiger partial charge in [-0.3, -0.25) is 14.5 Å². The molecular formula is C35H38N2O7S. The van der Waals surface area contributed by atoms with Crippen LogP contribution in [0.3, 0.4) is 0 Å². The number of carbonyl (C=O) groups excluding carboxylic acids is 2. The molecule has 1 atom stereocenters. The van der Waals surface area contributed by atoms with E-state index in [2.05, 4.69) is 13.8 Å². The fourth-order valence-corrected chi connectivity index (χ4v) is 6.22. The molecule has 10 heteroatoms. The molecule has 1 aliphatic rings. The van der Waals surface area contributed by atoms with Crippen molar-refractivity contribution in [2.75, 3.05) is 32.3 Å². The van der Waals surface area contributed by atoms with E-state index >= 15 is 0 Å². The van der Waals surface area contributed by atoms with Crippen molar-refractivity contribution in [1.29, 1.82) is 0 Å². The van der Waals surface area contributed by atoms with Gasteiger partial charge in [0, 0.05) is 5.56 Å². The number of anilines is 1. The summed E-state index contributed by atoms with van der Waals surface area (Å²) in [5.41, 5.74) is 1.52. The van der Waals surface area contributed by atoms with Crippen molar-refractivity contribution in [3.05, 3.63) is 77.4 Å². The van der Waals surface area contributed by atoms with Crippen LogP contribution in [0.2, 0.25) is 0 Å². The average Bonchev–Trinajstić information content (AvgIpc) is 3.60. The van der Waals surface area contributed by atoms with E-state index < -0.39 is 17.7 Å². The van der Waals surface area contributed by atoms with Gasteiger partial charge in [0.15, 0.2) is 16.6 Å². The number of aliphatic hydroxyl groups is 1. The molecule has 4 aromatic rings. The fourth-order valence-electron chi connectivity index (χ4n) is 5.20. The number of benzene rings is 3. The SMILES string of the molecule is CCCCCOc1ccc(C2C(=C(O)c3cccc(OCCCC)c3)C(=O)C(=O)N2c2nc3ccc(OC)cc3s2)cc1OC. The lowest BCUT2D eigenvalue weighted by molar-refractivity contribution is -0.132. The van der Waals surface area contributed by atoms with Crippen LogP contribution >= 0.6 is 11.3 Å². The summed E-state index contributed by atoms with van der Waals surface area (Å²) < 4.78 is 23.7. The van der Waals surface area contributed by atoms with Crippen molar-refractivity contribution in [3.8, 4) is 23.0 Å². The Morgan fingerprint density at radius 2 is 1.67 bits per heavy atom. The zero-order valence-corrected chi connectivity index (χ0v) is 26.8. The van der Waals surface area contributed by atoms with Gasteiger partial charge in [0.05, 0.1) is 49.3 Å². The second kappa shape index (κ2) is 14.5. The molecule has 5 rings (SSSR count). The predicted molar refractivity (Wildman–Crippen MR) is 176 cm³/mol. The van der Waals surface area contributed by atoms with Crippen LogP contribution in [0.25, 0.3) is 16.0 Å². The molecule has 1 saturated heterocycles. The third kappa shape index (κ3) is 6.76. The number of aromatic nitrogens is 1. The van der Waals surface area contributed by atoms with Gasteiger partial charge in [0.2, 0.25) is 0 Å². The highest BCUT2D eigenvalue weighted by molar-refractivity contribution is 7.22. The second-order valence-electron chi connectivity index (χ2n) is 10.7. The molecule has 0 bridgehead atoms. The second-order valence-corrected chi connectivity index (χ2v) is 11.7. The number of methoxy groups -OCH3 is 2. The summed E-state index contributed by atoms with van der Waals surface area (Å²) in [6, 6.07) is 16.6. The van der Waals surface area contributed by atoms with Crippen molar-refractivity contribution in [2.45, 2.75) is 52.0 Å². The number of amides is 1. The van der Waals surface area contributed by atoms with E-state index in [0.29, 0.717) is 58.0 Å². The van der Waals surface area contributed by atoms with Gasteiger partial charge < -0.3 is 24.1 Å². The number of ether oxygens (including phenoxy) is 4. The highest BCUT2D eigenvalue weighted by Crippen LogP contribution is 2.46. The van der Waals surface area contributed by atoms with Crippen LogP contribution in [0.1, 0.15) is 63.1 Å². The van der Waals surface area contributed by atoms with Gasteiger partial charge in [-0.05, 0) is 60.9 Å². The molecule has 1 amide bonds. The summed E-state index contributed by atoms with van der Waals surface area (Å²) in [4.78, 5) is 33.6. The van der Waals surface area contributed by atoms with Gasteiger partial charge in [0.1, 0.15) is 17.3 Å². The Bertz CT molecular complexity index is 1710. The minimum Gasteiger partial charge on any atom is -0.507 e. The molecule has 0 radical (unpaired) electrons. The normalized spacial score (nSPS) is 15.9. The fraction of sp³-hybridized carbons (Fsp3) is 0.343. The van der Waals surface area contributed by atoms with E-state index in [4.69, 9.17) is 23.9 Å². The van der Waals surface area contributed by atoms with E-state index in [1.807, 2.05) is 6.07 Å². The van der Waals surface area contributed by atoms with Gasteiger partial charge in [0.25, 0.3) is 5.78 Å². The molecule has 1 aliphatic heterocycles.